The van der Waals surface area contributed by atoms with Crippen molar-refractivity contribution in [1.82, 2.24) is 10.6 Å². The monoisotopic (exact) mass is 250 g/mol. The van der Waals surface area contributed by atoms with E-state index in [2.05, 4.69) is 30.5 Å². The van der Waals surface area contributed by atoms with Crippen LogP contribution in [0.15, 0.2) is 12.1 Å². The summed E-state index contributed by atoms with van der Waals surface area (Å²) in [5.41, 5.74) is 3.59. The number of nitrogens with one attached hydrogen (secondary N) is 2. The van der Waals surface area contributed by atoms with E-state index in [0.717, 1.165) is 17.7 Å². The van der Waals surface area contributed by atoms with Crippen molar-refractivity contribution < 1.29 is 9.53 Å². The van der Waals surface area contributed by atoms with Crippen LogP contribution in [0.1, 0.15) is 16.7 Å². The predicted molar refractivity (Wildman–Crippen MR) is 73.1 cm³/mol. The molecule has 1 rings (SSSR count). The number of carbonyl (C=O) groups excluding carboxylic acids is 1. The van der Waals surface area contributed by atoms with Crippen molar-refractivity contribution in [3.63, 3.8) is 0 Å². The van der Waals surface area contributed by atoms with Gasteiger partial charge in [0, 0.05) is 6.54 Å². The maximum absolute atomic E-state index is 11.3. The lowest BCUT2D eigenvalue weighted by Crippen LogP contribution is -2.33. The van der Waals surface area contributed by atoms with Crippen molar-refractivity contribution in [1.29, 1.82) is 0 Å². The van der Waals surface area contributed by atoms with Gasteiger partial charge in [-0.2, -0.15) is 0 Å². The number of aryl methyl sites for hydroxylation is 2. The highest BCUT2D eigenvalue weighted by Crippen LogP contribution is 2.23. The number of carbonyl (C=O) groups is 1. The molecule has 0 aliphatic heterocycles. The molecular formula is C14H22N2O2. The lowest BCUT2D eigenvalue weighted by molar-refractivity contribution is -0.120. The van der Waals surface area contributed by atoms with Crippen molar-refractivity contribution in [2.24, 2.45) is 0 Å². The first-order valence-corrected chi connectivity index (χ1v) is 6.14. The third kappa shape index (κ3) is 4.04. The Hall–Kier alpha value is -1.55. The van der Waals surface area contributed by atoms with E-state index in [-0.39, 0.29) is 5.91 Å². The van der Waals surface area contributed by atoms with Crippen molar-refractivity contribution in [3.05, 3.63) is 28.8 Å². The lowest BCUT2D eigenvalue weighted by Gasteiger charge is -2.12. The second-order valence-electron chi connectivity index (χ2n) is 4.38. The Morgan fingerprint density at radius 2 is 1.94 bits per heavy atom. The number of hydrogen-bond acceptors (Lipinski definition) is 3. The fourth-order valence-corrected chi connectivity index (χ4v) is 1.79. The molecule has 18 heavy (non-hydrogen) atoms. The van der Waals surface area contributed by atoms with Gasteiger partial charge in [-0.1, -0.05) is 6.07 Å². The summed E-state index contributed by atoms with van der Waals surface area (Å²) < 4.78 is 5.36. The summed E-state index contributed by atoms with van der Waals surface area (Å²) in [6.07, 6.45) is 0.778. The van der Waals surface area contributed by atoms with E-state index >= 15 is 0 Å². The minimum absolute atomic E-state index is 0.0142. The van der Waals surface area contributed by atoms with Crippen LogP contribution in [0.2, 0.25) is 0 Å². The Labute approximate surface area is 109 Å². The number of ether oxygens (including phenoxy) is 1. The van der Waals surface area contributed by atoms with Gasteiger partial charge in [-0.15, -0.1) is 0 Å². The molecule has 0 radical (unpaired) electrons. The van der Waals surface area contributed by atoms with Gasteiger partial charge in [0.25, 0.3) is 0 Å². The van der Waals surface area contributed by atoms with Crippen LogP contribution in [0.25, 0.3) is 0 Å². The fraction of sp³-hybridized carbons (Fsp3) is 0.500. The van der Waals surface area contributed by atoms with Crippen LogP contribution in [0.5, 0.6) is 5.75 Å². The Balaban J connectivity index is 2.61. The van der Waals surface area contributed by atoms with Gasteiger partial charge >= 0.3 is 0 Å². The molecule has 0 fully saturated rings. The number of methoxy groups -OCH3 is 1. The first-order chi connectivity index (χ1) is 8.58. The van der Waals surface area contributed by atoms with Gasteiger partial charge in [0.2, 0.25) is 5.91 Å². The van der Waals surface area contributed by atoms with Crippen molar-refractivity contribution in [2.75, 3.05) is 27.2 Å². The van der Waals surface area contributed by atoms with Crippen molar-refractivity contribution in [3.8, 4) is 5.75 Å². The normalized spacial score (nSPS) is 10.2. The average Bonchev–Trinajstić information content (AvgIpc) is 2.33. The summed E-state index contributed by atoms with van der Waals surface area (Å²) in [5, 5.41) is 5.68. The van der Waals surface area contributed by atoms with Crippen molar-refractivity contribution in [2.45, 2.75) is 20.3 Å². The lowest BCUT2D eigenvalue weighted by atomic mass is 10.0. The maximum Gasteiger partial charge on any atom is 0.233 e. The molecule has 0 unspecified atom stereocenters. The highest BCUT2D eigenvalue weighted by molar-refractivity contribution is 5.77. The van der Waals surface area contributed by atoms with Crippen LogP contribution in [0.3, 0.4) is 0 Å². The van der Waals surface area contributed by atoms with Gasteiger partial charge in [0.05, 0.1) is 13.7 Å². The van der Waals surface area contributed by atoms with Crippen LogP contribution >= 0.6 is 0 Å². The van der Waals surface area contributed by atoms with E-state index < -0.39 is 0 Å². The Kier molecular flexibility index (Phi) is 5.65. The largest absolute Gasteiger partial charge is 0.496 e. The summed E-state index contributed by atoms with van der Waals surface area (Å²) in [5.74, 6) is 0.904. The first-order valence-electron chi connectivity index (χ1n) is 6.14. The molecule has 2 N–H and O–H groups in total. The summed E-state index contributed by atoms with van der Waals surface area (Å²) in [7, 11) is 3.43. The Bertz CT molecular complexity index is 417. The quantitative estimate of drug-likeness (QED) is 0.797. The second kappa shape index (κ2) is 7.01. The average molecular weight is 250 g/mol. The summed E-state index contributed by atoms with van der Waals surface area (Å²) >= 11 is 0. The van der Waals surface area contributed by atoms with E-state index in [9.17, 15) is 4.79 Å². The number of benzene rings is 1. The standard InChI is InChI=1S/C14H22N2O2/c1-10-7-12(13(18-4)8-11(10)2)5-6-16-14(17)9-15-3/h7-8,15H,5-6,9H2,1-4H3,(H,16,17). The second-order valence-corrected chi connectivity index (χ2v) is 4.38. The van der Waals surface area contributed by atoms with E-state index in [0.29, 0.717) is 13.1 Å². The third-order valence-corrected chi connectivity index (χ3v) is 2.95. The fourth-order valence-electron chi connectivity index (χ4n) is 1.79. The molecule has 0 bridgehead atoms. The first kappa shape index (κ1) is 14.5. The highest BCUT2D eigenvalue weighted by atomic mass is 16.5. The predicted octanol–water partition coefficient (Wildman–Crippen LogP) is 1.19. The van der Waals surface area contributed by atoms with Gasteiger partial charge in [-0.3, -0.25) is 4.79 Å². The zero-order chi connectivity index (χ0) is 13.5. The maximum atomic E-state index is 11.3. The van der Waals surface area contributed by atoms with E-state index in [1.165, 1.54) is 11.1 Å². The number of likely N-dealkylation sites (N-methyl/N-ethyl adjacent to an activating group) is 1. The third-order valence-electron chi connectivity index (χ3n) is 2.95. The van der Waals surface area contributed by atoms with E-state index in [1.54, 1.807) is 14.2 Å². The van der Waals surface area contributed by atoms with Gasteiger partial charge in [0.15, 0.2) is 0 Å². The number of rotatable bonds is 6. The molecule has 4 heteroatoms. The molecule has 0 heterocycles. The van der Waals surface area contributed by atoms with Gasteiger partial charge in [0.1, 0.15) is 5.75 Å². The minimum atomic E-state index is 0.0142. The summed E-state index contributed by atoms with van der Waals surface area (Å²) in [6, 6.07) is 4.17. The molecule has 0 aromatic heterocycles. The number of hydrogen-bond donors (Lipinski definition) is 2. The van der Waals surface area contributed by atoms with Gasteiger partial charge < -0.3 is 15.4 Å². The van der Waals surface area contributed by atoms with E-state index in [1.807, 2.05) is 6.07 Å². The summed E-state index contributed by atoms with van der Waals surface area (Å²) in [6.45, 7) is 5.12. The highest BCUT2D eigenvalue weighted by Gasteiger charge is 2.06. The van der Waals surface area contributed by atoms with Crippen LogP contribution < -0.4 is 15.4 Å². The molecule has 0 saturated heterocycles. The summed E-state index contributed by atoms with van der Waals surface area (Å²) in [4.78, 5) is 11.3. The minimum Gasteiger partial charge on any atom is -0.496 e. The molecular weight excluding hydrogens is 228 g/mol. The Morgan fingerprint density at radius 1 is 1.28 bits per heavy atom. The van der Waals surface area contributed by atoms with Gasteiger partial charge in [-0.05, 0) is 50.1 Å². The van der Waals surface area contributed by atoms with Crippen LogP contribution in [0, 0.1) is 13.8 Å². The zero-order valence-corrected chi connectivity index (χ0v) is 11.6. The van der Waals surface area contributed by atoms with Crippen LogP contribution in [0.4, 0.5) is 0 Å². The molecule has 4 nitrogen and oxygen atoms in total. The number of amides is 1. The van der Waals surface area contributed by atoms with Crippen LogP contribution in [-0.4, -0.2) is 33.2 Å². The molecule has 0 atom stereocenters. The van der Waals surface area contributed by atoms with Crippen molar-refractivity contribution >= 4 is 5.91 Å². The SMILES string of the molecule is CNCC(=O)NCCc1cc(C)c(C)cc1OC. The zero-order valence-electron chi connectivity index (χ0n) is 11.6. The Morgan fingerprint density at radius 3 is 2.56 bits per heavy atom. The molecule has 0 aliphatic carbocycles. The van der Waals surface area contributed by atoms with Crippen LogP contribution in [-0.2, 0) is 11.2 Å². The molecule has 100 valence electrons. The van der Waals surface area contributed by atoms with E-state index in [4.69, 9.17) is 4.74 Å². The molecule has 1 amide bonds. The molecule has 0 saturated carbocycles. The molecule has 0 spiro atoms. The molecule has 0 aliphatic rings. The molecule has 1 aromatic rings. The topological polar surface area (TPSA) is 50.4 Å². The molecule has 1 aromatic carbocycles. The van der Waals surface area contributed by atoms with Gasteiger partial charge in [-0.25, -0.2) is 0 Å². The smallest absolute Gasteiger partial charge is 0.233 e.